The largest absolute Gasteiger partial charge is 0.368 e. The van der Waals surface area contributed by atoms with Gasteiger partial charge in [-0.25, -0.2) is 24.3 Å². The predicted molar refractivity (Wildman–Crippen MR) is 113 cm³/mol. The number of halogens is 1. The highest BCUT2D eigenvalue weighted by atomic mass is 19.1. The first-order valence-corrected chi connectivity index (χ1v) is 9.55. The zero-order chi connectivity index (χ0) is 22.1. The van der Waals surface area contributed by atoms with Crippen molar-refractivity contribution in [3.05, 3.63) is 84.1 Å². The lowest BCUT2D eigenvalue weighted by Gasteiger charge is -2.11. The summed E-state index contributed by atoms with van der Waals surface area (Å²) in [4.78, 5) is 21.2. The molecule has 5 aromatic rings. The molecule has 32 heavy (non-hydrogen) atoms. The van der Waals surface area contributed by atoms with E-state index in [2.05, 4.69) is 36.1 Å². The van der Waals surface area contributed by atoms with E-state index < -0.39 is 5.82 Å². The van der Waals surface area contributed by atoms with E-state index in [9.17, 15) is 9.65 Å². The van der Waals surface area contributed by atoms with Crippen molar-refractivity contribution in [2.75, 3.05) is 5.73 Å². The van der Waals surface area contributed by atoms with Gasteiger partial charge in [0.05, 0.1) is 35.5 Å². The molecule has 5 rings (SSSR count). The van der Waals surface area contributed by atoms with Crippen LogP contribution >= 0.6 is 0 Å². The van der Waals surface area contributed by atoms with Gasteiger partial charge in [0.15, 0.2) is 17.3 Å². The molecule has 0 aliphatic heterocycles. The number of rotatable bonds is 4. The van der Waals surface area contributed by atoms with Crippen LogP contribution in [0.15, 0.2) is 61.2 Å². The molecule has 0 atom stereocenters. The van der Waals surface area contributed by atoms with Gasteiger partial charge in [0.1, 0.15) is 12.0 Å². The van der Waals surface area contributed by atoms with Crippen LogP contribution in [0.3, 0.4) is 0 Å². The van der Waals surface area contributed by atoms with Crippen LogP contribution in [-0.2, 0) is 6.42 Å². The second-order valence-corrected chi connectivity index (χ2v) is 6.87. The van der Waals surface area contributed by atoms with Gasteiger partial charge >= 0.3 is 0 Å². The summed E-state index contributed by atoms with van der Waals surface area (Å²) in [6, 6.07) is 14.4. The van der Waals surface area contributed by atoms with Crippen molar-refractivity contribution in [1.29, 1.82) is 5.26 Å². The van der Waals surface area contributed by atoms with E-state index in [1.807, 2.05) is 18.2 Å². The fourth-order valence-electron chi connectivity index (χ4n) is 3.40. The molecule has 0 saturated heterocycles. The Bertz CT molecular complexity index is 1490. The second-order valence-electron chi connectivity index (χ2n) is 6.87. The summed E-state index contributed by atoms with van der Waals surface area (Å²) < 4.78 is 16.1. The lowest BCUT2D eigenvalue weighted by atomic mass is 10.0. The maximum Gasteiger partial charge on any atom is 0.223 e. The van der Waals surface area contributed by atoms with Crippen LogP contribution in [0.2, 0.25) is 0 Å². The van der Waals surface area contributed by atoms with Crippen LogP contribution in [0.1, 0.15) is 17.1 Å². The third-order valence-electron chi connectivity index (χ3n) is 4.79. The van der Waals surface area contributed by atoms with Crippen molar-refractivity contribution in [1.82, 2.24) is 34.5 Å². The Labute approximate surface area is 181 Å². The summed E-state index contributed by atoms with van der Waals surface area (Å²) in [6.07, 6.45) is 4.34. The molecule has 0 radical (unpaired) electrons. The first-order valence-electron chi connectivity index (χ1n) is 9.55. The van der Waals surface area contributed by atoms with Crippen molar-refractivity contribution in [3.8, 4) is 28.6 Å². The van der Waals surface area contributed by atoms with Gasteiger partial charge in [-0.2, -0.15) is 9.78 Å². The number of nitriles is 1. The molecule has 0 aliphatic carbocycles. The van der Waals surface area contributed by atoms with Crippen molar-refractivity contribution >= 4 is 11.6 Å². The number of fused-ring (bicyclic) bond motifs is 1. The molecule has 9 nitrogen and oxygen atoms in total. The predicted octanol–water partition coefficient (Wildman–Crippen LogP) is 2.83. The van der Waals surface area contributed by atoms with Gasteiger partial charge in [0.2, 0.25) is 5.95 Å². The summed E-state index contributed by atoms with van der Waals surface area (Å²) >= 11 is 0. The molecule has 0 bridgehead atoms. The number of nitrogens with two attached hydrogens (primary N) is 1. The number of hydrogen-bond donors (Lipinski definition) is 1. The third-order valence-corrected chi connectivity index (χ3v) is 4.79. The average molecular weight is 423 g/mol. The van der Waals surface area contributed by atoms with Crippen LogP contribution in [0.4, 0.5) is 10.3 Å². The average Bonchev–Trinajstić information content (AvgIpc) is 3.24. The summed E-state index contributed by atoms with van der Waals surface area (Å²) in [5, 5.41) is 13.8. The van der Waals surface area contributed by atoms with Crippen molar-refractivity contribution in [2.24, 2.45) is 0 Å². The molecule has 10 heteroatoms. The number of benzene rings is 1. The Morgan fingerprint density at radius 1 is 1.06 bits per heavy atom. The number of pyridine rings is 1. The van der Waals surface area contributed by atoms with Crippen LogP contribution in [0.25, 0.3) is 28.2 Å². The smallest absolute Gasteiger partial charge is 0.223 e. The van der Waals surface area contributed by atoms with E-state index in [0.717, 1.165) is 11.9 Å². The number of nitrogen functional groups attached to an aromatic ring is 1. The van der Waals surface area contributed by atoms with Gasteiger partial charge in [-0.1, -0.05) is 18.2 Å². The van der Waals surface area contributed by atoms with E-state index in [1.165, 1.54) is 10.8 Å². The molecule has 0 fully saturated rings. The number of anilines is 1. The highest BCUT2D eigenvalue weighted by molar-refractivity contribution is 5.89. The normalized spacial score (nSPS) is 10.9. The van der Waals surface area contributed by atoms with Crippen LogP contribution < -0.4 is 5.73 Å². The third kappa shape index (κ3) is 3.37. The molecule has 2 N–H and O–H groups in total. The number of aromatic nitrogens is 7. The molecular weight excluding hydrogens is 409 g/mol. The number of hydrogen-bond acceptors (Lipinski definition) is 8. The monoisotopic (exact) mass is 423 g/mol. The van der Waals surface area contributed by atoms with Crippen LogP contribution in [0.5, 0.6) is 0 Å². The molecule has 0 spiro atoms. The minimum Gasteiger partial charge on any atom is -0.368 e. The van der Waals surface area contributed by atoms with E-state index in [1.54, 1.807) is 30.5 Å². The summed E-state index contributed by atoms with van der Waals surface area (Å²) in [5.74, 6) is -0.140. The SMILES string of the molecule is N#Cc1cccc(-c2nc(N)n3nc(Cc4ccccn4)nc3c2-c2ncncc2F)c1. The molecule has 0 unspecified atom stereocenters. The molecule has 0 amide bonds. The van der Waals surface area contributed by atoms with Gasteiger partial charge in [-0.05, 0) is 24.3 Å². The van der Waals surface area contributed by atoms with Crippen LogP contribution in [0, 0.1) is 17.1 Å². The molecule has 154 valence electrons. The Balaban J connectivity index is 1.79. The van der Waals surface area contributed by atoms with Crippen LogP contribution in [-0.4, -0.2) is 34.5 Å². The molecule has 0 saturated carbocycles. The summed E-state index contributed by atoms with van der Waals surface area (Å²) in [7, 11) is 0. The van der Waals surface area contributed by atoms with E-state index in [4.69, 9.17) is 5.73 Å². The summed E-state index contributed by atoms with van der Waals surface area (Å²) in [5.41, 5.74) is 8.90. The van der Waals surface area contributed by atoms with Gasteiger partial charge in [-0.3, -0.25) is 4.98 Å². The molecule has 1 aromatic carbocycles. The minimum absolute atomic E-state index is 0.00615. The fraction of sp³-hybridized carbons (Fsp3) is 0.0455. The molecule has 4 aromatic heterocycles. The van der Waals surface area contributed by atoms with Gasteiger partial charge in [0.25, 0.3) is 0 Å². The maximum absolute atomic E-state index is 14.8. The lowest BCUT2D eigenvalue weighted by molar-refractivity contribution is 0.618. The highest BCUT2D eigenvalue weighted by Crippen LogP contribution is 2.35. The standard InChI is InChI=1S/C22H14FN9/c23-16-11-26-12-28-20(16)18-19(14-5-3-4-13(8-14)10-24)30-22(25)32-21(18)29-17(31-32)9-15-6-1-2-7-27-15/h1-8,11-12H,9H2,(H2,25,30). The van der Waals surface area contributed by atoms with Crippen molar-refractivity contribution in [2.45, 2.75) is 6.42 Å². The van der Waals surface area contributed by atoms with E-state index in [-0.39, 0.29) is 11.6 Å². The first kappa shape index (κ1) is 19.2. The number of nitrogens with zero attached hydrogens (tertiary/aromatic N) is 8. The Kier molecular flexibility index (Phi) is 4.68. The highest BCUT2D eigenvalue weighted by Gasteiger charge is 2.23. The molecule has 0 aliphatic rings. The van der Waals surface area contributed by atoms with E-state index >= 15 is 0 Å². The Morgan fingerprint density at radius 2 is 1.97 bits per heavy atom. The van der Waals surface area contributed by atoms with Gasteiger partial charge < -0.3 is 5.73 Å². The zero-order valence-corrected chi connectivity index (χ0v) is 16.5. The van der Waals surface area contributed by atoms with Crippen molar-refractivity contribution in [3.63, 3.8) is 0 Å². The second kappa shape index (κ2) is 7.81. The molecule has 4 heterocycles. The van der Waals surface area contributed by atoms with Crippen molar-refractivity contribution < 1.29 is 4.39 Å². The van der Waals surface area contributed by atoms with Gasteiger partial charge in [0, 0.05) is 17.5 Å². The molecular formula is C22H14FN9. The zero-order valence-electron chi connectivity index (χ0n) is 16.5. The topological polar surface area (TPSA) is 132 Å². The lowest BCUT2D eigenvalue weighted by Crippen LogP contribution is -2.07. The summed E-state index contributed by atoms with van der Waals surface area (Å²) in [6.45, 7) is 0. The van der Waals surface area contributed by atoms with E-state index in [0.29, 0.717) is 40.3 Å². The van der Waals surface area contributed by atoms with Gasteiger partial charge in [-0.15, -0.1) is 5.10 Å². The quantitative estimate of drug-likeness (QED) is 0.467. The Morgan fingerprint density at radius 3 is 2.75 bits per heavy atom. The maximum atomic E-state index is 14.8. The minimum atomic E-state index is -0.645. The Hall–Kier alpha value is -4.78. The fourth-order valence-corrected chi connectivity index (χ4v) is 3.40. The first-order chi connectivity index (χ1) is 15.6.